The van der Waals surface area contributed by atoms with Gasteiger partial charge in [-0.1, -0.05) is 36.7 Å². The molecule has 0 spiro atoms. The van der Waals surface area contributed by atoms with Crippen LogP contribution in [-0.4, -0.2) is 33.5 Å². The second-order valence-corrected chi connectivity index (χ2v) is 13.1. The van der Waals surface area contributed by atoms with Crippen LogP contribution < -0.4 is 4.74 Å². The maximum atomic E-state index is 14.1. The van der Waals surface area contributed by atoms with E-state index >= 15 is 0 Å². The Hall–Kier alpha value is -1.25. The van der Waals surface area contributed by atoms with E-state index in [2.05, 4.69) is 54.5 Å². The number of benzene rings is 1. The molecule has 8 heteroatoms. The quantitative estimate of drug-likeness (QED) is 0.263. The third-order valence-corrected chi connectivity index (χ3v) is 9.58. The summed E-state index contributed by atoms with van der Waals surface area (Å²) in [6, 6.07) is 2.65. The highest BCUT2D eigenvalue weighted by Crippen LogP contribution is 2.36. The van der Waals surface area contributed by atoms with Gasteiger partial charge in [0, 0.05) is 11.4 Å². The molecule has 0 bridgehead atoms. The van der Waals surface area contributed by atoms with Crippen molar-refractivity contribution in [3.05, 3.63) is 28.0 Å². The molecule has 0 amide bonds. The van der Waals surface area contributed by atoms with Crippen LogP contribution in [0, 0.1) is 5.82 Å². The van der Waals surface area contributed by atoms with Gasteiger partial charge >= 0.3 is 11.9 Å². The fraction of sp³-hybridized carbons (Fsp3) is 0.556. The molecule has 1 aromatic rings. The van der Waals surface area contributed by atoms with E-state index in [1.807, 2.05) is 0 Å². The van der Waals surface area contributed by atoms with Gasteiger partial charge in [-0.2, -0.15) is 0 Å². The van der Waals surface area contributed by atoms with E-state index in [0.29, 0.717) is 16.6 Å². The molecule has 0 aliphatic carbocycles. The molecule has 1 aromatic carbocycles. The first-order chi connectivity index (χ1) is 11.8. The van der Waals surface area contributed by atoms with Crippen molar-refractivity contribution < 1.29 is 27.9 Å². The Morgan fingerprint density at radius 2 is 1.81 bits per heavy atom. The van der Waals surface area contributed by atoms with E-state index in [1.54, 1.807) is 0 Å². The first-order valence-electron chi connectivity index (χ1n) is 8.29. The molecule has 0 fully saturated rings. The molecule has 0 atom stereocenters. The van der Waals surface area contributed by atoms with Crippen molar-refractivity contribution in [1.29, 1.82) is 0 Å². The van der Waals surface area contributed by atoms with E-state index < -0.39 is 26.1 Å². The Balaban J connectivity index is 2.71. The second-order valence-electron chi connectivity index (χ2n) is 7.47. The SMILES string of the molecule is CC(=O)OC(=O)Cc1cc(OCCO[Si](C)(C)C(C)(C)C)c(F)cc1Br. The van der Waals surface area contributed by atoms with Gasteiger partial charge in [0.2, 0.25) is 0 Å². The van der Waals surface area contributed by atoms with Crippen LogP contribution in [0.3, 0.4) is 0 Å². The standard InChI is InChI=1S/C18H26BrFO5Si/c1-12(21)25-17(22)10-13-9-16(15(20)11-14(13)19)23-7-8-24-26(5,6)18(2,3)4/h9,11H,7-8,10H2,1-6H3. The summed E-state index contributed by atoms with van der Waals surface area (Å²) in [5.41, 5.74) is 0.470. The third-order valence-electron chi connectivity index (χ3n) is 4.30. The van der Waals surface area contributed by atoms with Gasteiger partial charge in [-0.15, -0.1) is 0 Å². The van der Waals surface area contributed by atoms with E-state index in [9.17, 15) is 14.0 Å². The lowest BCUT2D eigenvalue weighted by Gasteiger charge is -2.36. The van der Waals surface area contributed by atoms with Gasteiger partial charge in [-0.05, 0) is 35.8 Å². The molecule has 1 rings (SSSR count). The van der Waals surface area contributed by atoms with Crippen molar-refractivity contribution in [1.82, 2.24) is 0 Å². The minimum atomic E-state index is -1.89. The fourth-order valence-electron chi connectivity index (χ4n) is 1.83. The number of carbonyl (C=O) groups is 2. The van der Waals surface area contributed by atoms with Gasteiger partial charge in [0.25, 0.3) is 0 Å². The first-order valence-corrected chi connectivity index (χ1v) is 12.0. The zero-order valence-electron chi connectivity index (χ0n) is 16.1. The minimum Gasteiger partial charge on any atom is -0.488 e. The predicted octanol–water partition coefficient (Wildman–Crippen LogP) is 4.62. The summed E-state index contributed by atoms with van der Waals surface area (Å²) in [4.78, 5) is 22.4. The molecule has 0 heterocycles. The maximum Gasteiger partial charge on any atom is 0.317 e. The van der Waals surface area contributed by atoms with Crippen molar-refractivity contribution in [2.24, 2.45) is 0 Å². The monoisotopic (exact) mass is 448 g/mol. The van der Waals surface area contributed by atoms with Crippen LogP contribution >= 0.6 is 15.9 Å². The van der Waals surface area contributed by atoms with Crippen LogP contribution in [0.25, 0.3) is 0 Å². The van der Waals surface area contributed by atoms with Crippen molar-refractivity contribution in [3.63, 3.8) is 0 Å². The van der Waals surface area contributed by atoms with Crippen molar-refractivity contribution in [2.45, 2.75) is 52.2 Å². The van der Waals surface area contributed by atoms with E-state index in [0.717, 1.165) is 6.92 Å². The van der Waals surface area contributed by atoms with Gasteiger partial charge in [0.15, 0.2) is 19.9 Å². The smallest absolute Gasteiger partial charge is 0.317 e. The number of hydrogen-bond acceptors (Lipinski definition) is 5. The highest BCUT2D eigenvalue weighted by molar-refractivity contribution is 9.10. The number of hydrogen-bond donors (Lipinski definition) is 0. The fourth-order valence-corrected chi connectivity index (χ4v) is 3.32. The Kier molecular flexibility index (Phi) is 7.97. The molecule has 0 unspecified atom stereocenters. The Morgan fingerprint density at radius 1 is 1.19 bits per heavy atom. The van der Waals surface area contributed by atoms with Gasteiger partial charge in [0.1, 0.15) is 6.61 Å². The molecule has 0 radical (unpaired) electrons. The lowest BCUT2D eigenvalue weighted by molar-refractivity contribution is -0.157. The molecule has 0 saturated heterocycles. The molecule has 5 nitrogen and oxygen atoms in total. The average Bonchev–Trinajstić information content (AvgIpc) is 2.45. The third kappa shape index (κ3) is 6.81. The normalized spacial score (nSPS) is 12.0. The lowest BCUT2D eigenvalue weighted by atomic mass is 10.1. The zero-order chi connectivity index (χ0) is 20.1. The zero-order valence-corrected chi connectivity index (χ0v) is 18.7. The summed E-state index contributed by atoms with van der Waals surface area (Å²) in [6.45, 7) is 12.4. The van der Waals surface area contributed by atoms with E-state index in [1.165, 1.54) is 12.1 Å². The minimum absolute atomic E-state index is 0.0256. The second kappa shape index (κ2) is 9.10. The summed E-state index contributed by atoms with van der Waals surface area (Å²) in [6.07, 6.45) is -0.169. The molecule has 0 aliphatic heterocycles. The number of halogens is 2. The van der Waals surface area contributed by atoms with Gasteiger partial charge in [-0.25, -0.2) is 4.39 Å². The lowest BCUT2D eigenvalue weighted by Crippen LogP contribution is -2.41. The molecule has 0 aliphatic rings. The van der Waals surface area contributed by atoms with E-state index in [-0.39, 0.29) is 23.8 Å². The largest absolute Gasteiger partial charge is 0.488 e. The van der Waals surface area contributed by atoms with Crippen molar-refractivity contribution in [2.75, 3.05) is 13.2 Å². The van der Waals surface area contributed by atoms with Crippen LogP contribution in [0.5, 0.6) is 5.75 Å². The summed E-state index contributed by atoms with van der Waals surface area (Å²) in [7, 11) is -1.89. The van der Waals surface area contributed by atoms with E-state index in [4.69, 9.17) is 9.16 Å². The Bertz CT molecular complexity index is 670. The van der Waals surface area contributed by atoms with Crippen LogP contribution in [0.4, 0.5) is 4.39 Å². The van der Waals surface area contributed by atoms with Gasteiger partial charge in [0.05, 0.1) is 13.0 Å². The molecular weight excluding hydrogens is 423 g/mol. The first kappa shape index (κ1) is 22.8. The predicted molar refractivity (Wildman–Crippen MR) is 103 cm³/mol. The van der Waals surface area contributed by atoms with Crippen LogP contribution in [0.15, 0.2) is 16.6 Å². The maximum absolute atomic E-state index is 14.1. The number of ether oxygens (including phenoxy) is 2. The molecule has 26 heavy (non-hydrogen) atoms. The molecule has 0 N–H and O–H groups in total. The van der Waals surface area contributed by atoms with Gasteiger partial charge < -0.3 is 13.9 Å². The molecular formula is C18H26BrFO5Si. The number of esters is 2. The summed E-state index contributed by atoms with van der Waals surface area (Å²) < 4.78 is 30.4. The summed E-state index contributed by atoms with van der Waals surface area (Å²) in [5.74, 6) is -1.92. The van der Waals surface area contributed by atoms with Crippen molar-refractivity contribution in [3.8, 4) is 5.75 Å². The Morgan fingerprint density at radius 3 is 2.35 bits per heavy atom. The summed E-state index contributed by atoms with van der Waals surface area (Å²) >= 11 is 3.20. The number of carbonyl (C=O) groups excluding carboxylic acids is 2. The van der Waals surface area contributed by atoms with Crippen LogP contribution in [0.1, 0.15) is 33.3 Å². The molecule has 146 valence electrons. The number of rotatable bonds is 7. The Labute approximate surface area is 163 Å². The average molecular weight is 449 g/mol. The topological polar surface area (TPSA) is 61.8 Å². The van der Waals surface area contributed by atoms with Gasteiger partial charge in [-0.3, -0.25) is 9.59 Å². The molecule has 0 aromatic heterocycles. The summed E-state index contributed by atoms with van der Waals surface area (Å²) in [5, 5.41) is 0.0834. The van der Waals surface area contributed by atoms with Crippen LogP contribution in [0.2, 0.25) is 18.1 Å². The van der Waals surface area contributed by atoms with Crippen molar-refractivity contribution >= 4 is 36.2 Å². The highest BCUT2D eigenvalue weighted by Gasteiger charge is 2.36. The highest BCUT2D eigenvalue weighted by atomic mass is 79.9. The molecule has 0 saturated carbocycles. The van der Waals surface area contributed by atoms with Crippen LogP contribution in [-0.2, 0) is 25.2 Å².